The van der Waals surface area contributed by atoms with Crippen molar-refractivity contribution >= 4 is 11.6 Å². The van der Waals surface area contributed by atoms with Crippen LogP contribution in [0.3, 0.4) is 0 Å². The van der Waals surface area contributed by atoms with Crippen molar-refractivity contribution in [2.75, 3.05) is 12.3 Å². The molecule has 0 aliphatic rings. The molecule has 0 spiro atoms. The summed E-state index contributed by atoms with van der Waals surface area (Å²) in [6.45, 7) is 0.166. The molecule has 0 saturated carbocycles. The highest BCUT2D eigenvalue weighted by molar-refractivity contribution is 5.98. The molecule has 0 saturated heterocycles. The number of nitrogens with zero attached hydrogens (tertiary/aromatic N) is 1. The van der Waals surface area contributed by atoms with Crippen LogP contribution in [0.5, 0.6) is 0 Å². The number of nitrogens with one attached hydrogen (secondary N) is 1. The van der Waals surface area contributed by atoms with Gasteiger partial charge in [-0.15, -0.1) is 0 Å². The number of hydrogen-bond donors (Lipinski definition) is 2. The summed E-state index contributed by atoms with van der Waals surface area (Å²) in [5.74, 6) is -5.25. The van der Waals surface area contributed by atoms with Crippen LogP contribution >= 0.6 is 0 Å². The third kappa shape index (κ3) is 3.31. The second-order valence-corrected chi connectivity index (χ2v) is 3.66. The van der Waals surface area contributed by atoms with Gasteiger partial charge < -0.3 is 11.1 Å². The zero-order valence-corrected chi connectivity index (χ0v) is 9.38. The monoisotopic (exact) mass is 265 g/mol. The van der Waals surface area contributed by atoms with E-state index < -0.39 is 24.8 Å². The zero-order valence-electron chi connectivity index (χ0n) is 9.38. The van der Waals surface area contributed by atoms with Gasteiger partial charge in [-0.3, -0.25) is 9.78 Å². The van der Waals surface area contributed by atoms with E-state index in [2.05, 4.69) is 4.98 Å². The van der Waals surface area contributed by atoms with E-state index >= 15 is 0 Å². The lowest BCUT2D eigenvalue weighted by atomic mass is 10.2. The fraction of sp³-hybridized carbons (Fsp3) is 0.400. The molecule has 1 amide bonds. The number of carbonyl (C=O) groups is 1. The third-order valence-corrected chi connectivity index (χ3v) is 2.12. The quantitative estimate of drug-likeness (QED) is 0.812. The lowest BCUT2D eigenvalue weighted by Crippen LogP contribution is -2.41. The molecule has 0 aromatic carbocycles. The molecule has 18 heavy (non-hydrogen) atoms. The minimum Gasteiger partial charge on any atom is -0.398 e. The number of nitrogen functional groups attached to an aromatic ring is 1. The van der Waals surface area contributed by atoms with E-state index in [0.717, 1.165) is 6.20 Å². The predicted octanol–water partition coefficient (Wildman–Crippen LogP) is 1.60. The molecular weight excluding hydrogens is 254 g/mol. The Morgan fingerprint density at radius 2 is 2.17 bits per heavy atom. The molecule has 1 heterocycles. The predicted molar refractivity (Wildman–Crippen MR) is 56.7 cm³/mol. The molecule has 0 atom stereocenters. The summed E-state index contributed by atoms with van der Waals surface area (Å²) in [4.78, 5) is 15.2. The lowest BCUT2D eigenvalue weighted by Gasteiger charge is -2.16. The average molecular weight is 265 g/mol. The van der Waals surface area contributed by atoms with Gasteiger partial charge in [-0.1, -0.05) is 0 Å². The van der Waals surface area contributed by atoms with Gasteiger partial charge in [-0.25, -0.2) is 8.78 Å². The van der Waals surface area contributed by atoms with Crippen molar-refractivity contribution in [1.29, 1.82) is 0 Å². The Morgan fingerprint density at radius 3 is 2.67 bits per heavy atom. The summed E-state index contributed by atoms with van der Waals surface area (Å²) in [5, 5.41) is 1.69. The van der Waals surface area contributed by atoms with Crippen molar-refractivity contribution in [2.45, 2.75) is 19.3 Å². The van der Waals surface area contributed by atoms with Crippen LogP contribution in [0.25, 0.3) is 0 Å². The molecule has 0 unspecified atom stereocenters. The van der Waals surface area contributed by atoms with Crippen molar-refractivity contribution in [3.63, 3.8) is 0 Å². The first-order valence-corrected chi connectivity index (χ1v) is 4.90. The lowest BCUT2D eigenvalue weighted by molar-refractivity contribution is -0.123. The zero-order chi connectivity index (χ0) is 13.9. The molecule has 0 fully saturated rings. The molecule has 8 heteroatoms. The van der Waals surface area contributed by atoms with Crippen molar-refractivity contribution < 1.29 is 22.4 Å². The number of aryl methyl sites for hydroxylation is 1. The van der Waals surface area contributed by atoms with E-state index in [4.69, 9.17) is 5.73 Å². The Kier molecular flexibility index (Phi) is 4.10. The Morgan fingerprint density at radius 1 is 1.56 bits per heavy atom. The summed E-state index contributed by atoms with van der Waals surface area (Å²) < 4.78 is 48.9. The van der Waals surface area contributed by atoms with Crippen LogP contribution in [-0.4, -0.2) is 29.8 Å². The number of aromatic nitrogens is 1. The molecule has 0 radical (unpaired) electrons. The van der Waals surface area contributed by atoms with Gasteiger partial charge in [0.2, 0.25) is 0 Å². The number of anilines is 1. The van der Waals surface area contributed by atoms with Crippen LogP contribution in [0.15, 0.2) is 12.3 Å². The van der Waals surface area contributed by atoms with E-state index in [9.17, 15) is 22.4 Å². The molecule has 3 N–H and O–H groups in total. The maximum absolute atomic E-state index is 12.6. The van der Waals surface area contributed by atoms with E-state index in [1.807, 2.05) is 0 Å². The van der Waals surface area contributed by atoms with Gasteiger partial charge in [-0.05, 0) is 13.0 Å². The minimum absolute atomic E-state index is 0.0420. The minimum atomic E-state index is -4.28. The van der Waals surface area contributed by atoms with Gasteiger partial charge in [0.25, 0.3) is 5.91 Å². The number of nitrogens with two attached hydrogens (primary N) is 1. The van der Waals surface area contributed by atoms with E-state index in [0.29, 0.717) is 5.69 Å². The molecule has 0 aliphatic heterocycles. The number of pyridine rings is 1. The Balaban J connectivity index is 2.72. The van der Waals surface area contributed by atoms with Crippen LogP contribution in [-0.2, 0) is 0 Å². The highest BCUT2D eigenvalue weighted by Gasteiger charge is 2.40. The topological polar surface area (TPSA) is 68.0 Å². The molecule has 1 rings (SSSR count). The van der Waals surface area contributed by atoms with Crippen LogP contribution in [0.2, 0.25) is 0 Å². The van der Waals surface area contributed by atoms with Crippen molar-refractivity contribution in [2.24, 2.45) is 0 Å². The number of alkyl halides is 4. The largest absolute Gasteiger partial charge is 0.398 e. The highest BCUT2D eigenvalue weighted by atomic mass is 19.3. The van der Waals surface area contributed by atoms with Crippen molar-refractivity contribution in [3.05, 3.63) is 23.5 Å². The molecule has 100 valence electrons. The van der Waals surface area contributed by atoms with E-state index in [-0.39, 0.29) is 11.3 Å². The number of halogens is 4. The van der Waals surface area contributed by atoms with E-state index in [1.165, 1.54) is 6.07 Å². The normalized spacial score (nSPS) is 11.7. The van der Waals surface area contributed by atoms with Crippen LogP contribution in [0.1, 0.15) is 16.1 Å². The number of carbonyl (C=O) groups excluding carboxylic acids is 1. The summed E-state index contributed by atoms with van der Waals surface area (Å²) in [5.41, 5.74) is 5.94. The van der Waals surface area contributed by atoms with E-state index in [1.54, 1.807) is 12.2 Å². The Bertz CT molecular complexity index is 451. The fourth-order valence-electron chi connectivity index (χ4n) is 1.14. The van der Waals surface area contributed by atoms with Crippen LogP contribution in [0, 0.1) is 6.92 Å². The summed E-state index contributed by atoms with van der Waals surface area (Å²) in [6.07, 6.45) is -2.74. The van der Waals surface area contributed by atoms with Crippen LogP contribution in [0.4, 0.5) is 23.2 Å². The van der Waals surface area contributed by atoms with Gasteiger partial charge in [0.05, 0.1) is 12.1 Å². The van der Waals surface area contributed by atoms with Crippen LogP contribution < -0.4 is 11.1 Å². The Hall–Kier alpha value is -1.86. The fourth-order valence-corrected chi connectivity index (χ4v) is 1.14. The smallest absolute Gasteiger partial charge is 0.324 e. The maximum Gasteiger partial charge on any atom is 0.324 e. The average Bonchev–Trinajstić information content (AvgIpc) is 2.25. The maximum atomic E-state index is 12.6. The number of amides is 1. The van der Waals surface area contributed by atoms with Gasteiger partial charge in [0, 0.05) is 17.6 Å². The van der Waals surface area contributed by atoms with Gasteiger partial charge in [0.15, 0.2) is 0 Å². The molecule has 1 aromatic rings. The summed E-state index contributed by atoms with van der Waals surface area (Å²) in [7, 11) is 0. The van der Waals surface area contributed by atoms with Crippen molar-refractivity contribution in [3.8, 4) is 0 Å². The second-order valence-electron chi connectivity index (χ2n) is 3.66. The van der Waals surface area contributed by atoms with Crippen molar-refractivity contribution in [1.82, 2.24) is 10.3 Å². The SMILES string of the molecule is Cc1cc(N)c(C(=O)NCC(F)(F)C(F)F)cn1. The molecule has 0 bridgehead atoms. The first kappa shape index (κ1) is 14.2. The molecule has 4 nitrogen and oxygen atoms in total. The Labute approximate surface area is 100 Å². The first-order valence-electron chi connectivity index (χ1n) is 4.90. The second kappa shape index (κ2) is 5.19. The summed E-state index contributed by atoms with van der Waals surface area (Å²) in [6, 6.07) is 1.38. The standard InChI is InChI=1S/C10H11F4N3O/c1-5-2-7(15)6(3-16-5)8(18)17-4-10(13,14)9(11)12/h2-3,9H,4H2,1H3,(H2,15,16)(H,17,18). The highest BCUT2D eigenvalue weighted by Crippen LogP contribution is 2.21. The number of hydrogen-bond acceptors (Lipinski definition) is 3. The molecule has 0 aliphatic carbocycles. The first-order chi connectivity index (χ1) is 8.24. The summed E-state index contributed by atoms with van der Waals surface area (Å²) >= 11 is 0. The third-order valence-electron chi connectivity index (χ3n) is 2.12. The molecule has 1 aromatic heterocycles. The number of rotatable bonds is 4. The molecular formula is C10H11F4N3O. The van der Waals surface area contributed by atoms with Gasteiger partial charge in [-0.2, -0.15) is 8.78 Å². The van der Waals surface area contributed by atoms with Gasteiger partial charge >= 0.3 is 12.3 Å². The van der Waals surface area contributed by atoms with Gasteiger partial charge in [0.1, 0.15) is 0 Å².